The Morgan fingerprint density at radius 2 is 1.64 bits per heavy atom. The third kappa shape index (κ3) is 5.93. The SMILES string of the molecule is CC1C(C(=O)N(C=O)c2cc(Cl)cc(Cl)c2)C(Cc2ccc(F)cc2)NC1(C)c1cc(Cl)cc(Cl)c1NC=O. The summed E-state index contributed by atoms with van der Waals surface area (Å²) in [7, 11) is 0. The van der Waals surface area contributed by atoms with Crippen molar-refractivity contribution in [2.45, 2.75) is 31.8 Å². The molecule has 3 aromatic carbocycles. The first-order valence-corrected chi connectivity index (χ1v) is 13.5. The summed E-state index contributed by atoms with van der Waals surface area (Å²) >= 11 is 25.1. The summed E-state index contributed by atoms with van der Waals surface area (Å²) in [4.78, 5) is 38.8. The van der Waals surface area contributed by atoms with Gasteiger partial charge in [-0.05, 0) is 72.9 Å². The Morgan fingerprint density at radius 1 is 1.03 bits per heavy atom. The molecular weight excluding hydrogens is 587 g/mol. The summed E-state index contributed by atoms with van der Waals surface area (Å²) in [5.41, 5.74) is 0.985. The van der Waals surface area contributed by atoms with Gasteiger partial charge in [0.25, 0.3) is 0 Å². The van der Waals surface area contributed by atoms with Crippen LogP contribution in [-0.4, -0.2) is 24.8 Å². The number of hydrogen-bond donors (Lipinski definition) is 2. The number of carbonyl (C=O) groups is 3. The Balaban J connectivity index is 1.83. The van der Waals surface area contributed by atoms with Crippen LogP contribution in [0.3, 0.4) is 0 Å². The molecule has 0 aliphatic carbocycles. The van der Waals surface area contributed by atoms with Crippen LogP contribution in [0.15, 0.2) is 54.6 Å². The summed E-state index contributed by atoms with van der Waals surface area (Å²) in [6.45, 7) is 3.75. The maximum Gasteiger partial charge on any atom is 0.238 e. The molecule has 0 aromatic heterocycles. The molecule has 1 aliphatic heterocycles. The van der Waals surface area contributed by atoms with Crippen LogP contribution in [0, 0.1) is 17.7 Å². The van der Waals surface area contributed by atoms with Crippen molar-refractivity contribution < 1.29 is 18.8 Å². The highest BCUT2D eigenvalue weighted by molar-refractivity contribution is 6.37. The van der Waals surface area contributed by atoms with Crippen molar-refractivity contribution in [3.63, 3.8) is 0 Å². The normalized spacial score (nSPS) is 22.4. The van der Waals surface area contributed by atoms with Gasteiger partial charge in [-0.15, -0.1) is 0 Å². The fourth-order valence-electron chi connectivity index (χ4n) is 5.34. The van der Waals surface area contributed by atoms with Crippen LogP contribution in [0.25, 0.3) is 0 Å². The molecular formula is C28H24Cl4FN3O3. The second-order valence-electron chi connectivity index (χ2n) is 9.61. The Morgan fingerprint density at radius 3 is 2.23 bits per heavy atom. The van der Waals surface area contributed by atoms with Crippen molar-refractivity contribution in [2.75, 3.05) is 10.2 Å². The van der Waals surface area contributed by atoms with E-state index in [0.717, 1.165) is 10.5 Å². The van der Waals surface area contributed by atoms with E-state index >= 15 is 0 Å². The standard InChI is InChI=1S/C28H24Cl4FN3O3/c1-15-25(27(39)36(14-38)21-9-17(29)8-18(30)10-21)24(7-16-3-5-20(33)6-4-16)35-28(15,2)22-11-19(31)12-23(32)26(22)34-13-37/h3-6,8-15,24-25,35H,7H2,1-2H3,(H,34,37). The lowest BCUT2D eigenvalue weighted by Crippen LogP contribution is -2.43. The molecule has 4 atom stereocenters. The van der Waals surface area contributed by atoms with Gasteiger partial charge >= 0.3 is 0 Å². The van der Waals surface area contributed by atoms with Gasteiger partial charge in [0.1, 0.15) is 5.82 Å². The quantitative estimate of drug-likeness (QED) is 0.273. The van der Waals surface area contributed by atoms with Crippen LogP contribution in [0.2, 0.25) is 20.1 Å². The Labute approximate surface area is 245 Å². The van der Waals surface area contributed by atoms with Crippen molar-refractivity contribution in [3.8, 4) is 0 Å². The number of nitrogens with zero attached hydrogens (tertiary/aromatic N) is 1. The minimum absolute atomic E-state index is 0.225. The average Bonchev–Trinajstić information content (AvgIpc) is 3.12. The minimum atomic E-state index is -0.939. The third-order valence-electron chi connectivity index (χ3n) is 7.31. The number of rotatable bonds is 8. The molecule has 3 amide bonds. The molecule has 1 fully saturated rings. The van der Waals surface area contributed by atoms with E-state index in [1.165, 1.54) is 36.4 Å². The van der Waals surface area contributed by atoms with E-state index in [1.54, 1.807) is 18.2 Å². The summed E-state index contributed by atoms with van der Waals surface area (Å²) in [5.74, 6) is -2.08. The number of hydrogen-bond acceptors (Lipinski definition) is 4. The lowest BCUT2D eigenvalue weighted by Gasteiger charge is -2.34. The van der Waals surface area contributed by atoms with Gasteiger partial charge in [0, 0.05) is 26.6 Å². The molecule has 1 heterocycles. The van der Waals surface area contributed by atoms with Crippen molar-refractivity contribution in [1.29, 1.82) is 0 Å². The van der Waals surface area contributed by atoms with Gasteiger partial charge in [0.15, 0.2) is 0 Å². The van der Waals surface area contributed by atoms with Crippen LogP contribution < -0.4 is 15.5 Å². The van der Waals surface area contributed by atoms with Crippen LogP contribution in [0.4, 0.5) is 15.8 Å². The van der Waals surface area contributed by atoms with Gasteiger partial charge in [-0.25, -0.2) is 4.39 Å². The molecule has 4 unspecified atom stereocenters. The van der Waals surface area contributed by atoms with Crippen LogP contribution in [0.1, 0.15) is 25.0 Å². The van der Waals surface area contributed by atoms with Crippen molar-refractivity contribution in [1.82, 2.24) is 5.32 Å². The highest BCUT2D eigenvalue weighted by atomic mass is 35.5. The van der Waals surface area contributed by atoms with Gasteiger partial charge in [-0.2, -0.15) is 0 Å². The lowest BCUT2D eigenvalue weighted by atomic mass is 9.75. The molecule has 4 rings (SSSR count). The maximum absolute atomic E-state index is 14.1. The van der Waals surface area contributed by atoms with E-state index in [-0.39, 0.29) is 26.6 Å². The fourth-order valence-corrected chi connectivity index (χ4v) is 6.41. The van der Waals surface area contributed by atoms with Gasteiger partial charge in [-0.1, -0.05) is 65.5 Å². The highest BCUT2D eigenvalue weighted by Crippen LogP contribution is 2.48. The first-order valence-electron chi connectivity index (χ1n) is 11.9. The largest absolute Gasteiger partial charge is 0.327 e. The smallest absolute Gasteiger partial charge is 0.238 e. The number of carbonyl (C=O) groups excluding carboxylic acids is 3. The molecule has 0 saturated carbocycles. The monoisotopic (exact) mass is 609 g/mol. The van der Waals surface area contributed by atoms with E-state index < -0.39 is 29.3 Å². The van der Waals surface area contributed by atoms with Gasteiger partial charge in [0.2, 0.25) is 18.7 Å². The predicted molar refractivity (Wildman–Crippen MR) is 153 cm³/mol. The van der Waals surface area contributed by atoms with E-state index in [4.69, 9.17) is 46.4 Å². The zero-order valence-corrected chi connectivity index (χ0v) is 23.9. The summed E-state index contributed by atoms with van der Waals surface area (Å²) in [6.07, 6.45) is 1.28. The molecule has 1 saturated heterocycles. The van der Waals surface area contributed by atoms with Crippen molar-refractivity contribution in [2.24, 2.45) is 11.8 Å². The van der Waals surface area contributed by atoms with Crippen molar-refractivity contribution in [3.05, 3.63) is 91.6 Å². The first kappa shape index (κ1) is 29.3. The van der Waals surface area contributed by atoms with Crippen molar-refractivity contribution >= 4 is 76.5 Å². The fraction of sp³-hybridized carbons (Fsp3) is 0.250. The topological polar surface area (TPSA) is 78.5 Å². The molecule has 2 N–H and O–H groups in total. The second-order valence-corrected chi connectivity index (χ2v) is 11.3. The van der Waals surface area contributed by atoms with E-state index in [0.29, 0.717) is 35.5 Å². The predicted octanol–water partition coefficient (Wildman–Crippen LogP) is 6.88. The Hall–Kier alpha value is -2.68. The van der Waals surface area contributed by atoms with Gasteiger partial charge in [0.05, 0.1) is 22.3 Å². The zero-order valence-electron chi connectivity index (χ0n) is 20.9. The third-order valence-corrected chi connectivity index (χ3v) is 8.26. The van der Waals surface area contributed by atoms with Crippen LogP contribution >= 0.6 is 46.4 Å². The van der Waals surface area contributed by atoms with E-state index in [1.807, 2.05) is 13.8 Å². The van der Waals surface area contributed by atoms with E-state index in [9.17, 15) is 18.8 Å². The lowest BCUT2D eigenvalue weighted by molar-refractivity contribution is -0.126. The summed E-state index contributed by atoms with van der Waals surface area (Å²) in [6, 6.07) is 13.1. The first-order chi connectivity index (χ1) is 18.5. The number of halogens is 5. The molecule has 3 aromatic rings. The zero-order chi connectivity index (χ0) is 28.5. The van der Waals surface area contributed by atoms with Crippen LogP contribution in [0.5, 0.6) is 0 Å². The van der Waals surface area contributed by atoms with Gasteiger partial charge in [-0.3, -0.25) is 19.3 Å². The van der Waals surface area contributed by atoms with Gasteiger partial charge < -0.3 is 10.6 Å². The number of benzene rings is 3. The number of anilines is 2. The number of imide groups is 1. The molecule has 6 nitrogen and oxygen atoms in total. The Kier molecular flexibility index (Phi) is 8.88. The molecule has 204 valence electrons. The van der Waals surface area contributed by atoms with Crippen LogP contribution in [-0.2, 0) is 26.3 Å². The second kappa shape index (κ2) is 11.8. The summed E-state index contributed by atoms with van der Waals surface area (Å²) < 4.78 is 13.6. The molecule has 1 aliphatic rings. The molecule has 0 radical (unpaired) electrons. The molecule has 0 bridgehead atoms. The molecule has 0 spiro atoms. The number of nitrogens with one attached hydrogen (secondary N) is 2. The van der Waals surface area contributed by atoms with E-state index in [2.05, 4.69) is 10.6 Å². The minimum Gasteiger partial charge on any atom is -0.327 e. The molecule has 39 heavy (non-hydrogen) atoms. The molecule has 11 heteroatoms. The highest BCUT2D eigenvalue weighted by Gasteiger charge is 2.53. The Bertz CT molecular complexity index is 1400. The summed E-state index contributed by atoms with van der Waals surface area (Å²) in [5, 5.41) is 7.30. The maximum atomic E-state index is 14.1. The number of amides is 3. The average molecular weight is 611 g/mol.